The zero-order valence-corrected chi connectivity index (χ0v) is 10.4. The van der Waals surface area contributed by atoms with Gasteiger partial charge in [0, 0.05) is 12.3 Å². The molecule has 3 nitrogen and oxygen atoms in total. The summed E-state index contributed by atoms with van der Waals surface area (Å²) >= 11 is 0. The number of Topliss-reactive ketones (excluding diaryl/α,β-unsaturated/α-hetero) is 1. The Morgan fingerprint density at radius 3 is 2.82 bits per heavy atom. The van der Waals surface area contributed by atoms with Gasteiger partial charge in [0.25, 0.3) is 0 Å². The minimum atomic E-state index is -0.640. The maximum atomic E-state index is 11.3. The van der Waals surface area contributed by atoms with Gasteiger partial charge in [0.15, 0.2) is 5.78 Å². The fourth-order valence-electron chi connectivity index (χ4n) is 2.05. The van der Waals surface area contributed by atoms with Crippen molar-refractivity contribution in [1.29, 1.82) is 0 Å². The summed E-state index contributed by atoms with van der Waals surface area (Å²) in [6.07, 6.45) is 6.32. The van der Waals surface area contributed by atoms with Crippen LogP contribution >= 0.6 is 0 Å². The van der Waals surface area contributed by atoms with Gasteiger partial charge in [-0.3, -0.25) is 4.79 Å². The van der Waals surface area contributed by atoms with Gasteiger partial charge in [0.1, 0.15) is 0 Å². The van der Waals surface area contributed by atoms with Crippen molar-refractivity contribution < 1.29 is 15.0 Å². The van der Waals surface area contributed by atoms with Crippen molar-refractivity contribution in [2.75, 3.05) is 0 Å². The number of aliphatic hydroxyl groups excluding tert-OH is 2. The molecule has 0 spiro atoms. The molecule has 0 aliphatic heterocycles. The van der Waals surface area contributed by atoms with Gasteiger partial charge in [-0.1, -0.05) is 38.5 Å². The predicted octanol–water partition coefficient (Wildman–Crippen LogP) is 1.99. The molecule has 0 radical (unpaired) electrons. The van der Waals surface area contributed by atoms with E-state index in [1.54, 1.807) is 6.08 Å². The smallest absolute Gasteiger partial charge is 0.161 e. The fraction of sp³-hybridized carbons (Fsp3) is 0.643. The number of aliphatic hydroxyl groups is 2. The third-order valence-electron chi connectivity index (χ3n) is 3.21. The second-order valence-corrected chi connectivity index (χ2v) is 4.71. The average molecular weight is 238 g/mol. The van der Waals surface area contributed by atoms with Crippen LogP contribution in [0.3, 0.4) is 0 Å². The van der Waals surface area contributed by atoms with E-state index in [9.17, 15) is 15.0 Å². The SMILES string of the molecule is C=C1C(=O)C[C@@H](O)[C@@H]1/C=C/C[C@@H](O)CCCC. The Kier molecular flexibility index (Phi) is 5.59. The second-order valence-electron chi connectivity index (χ2n) is 4.71. The minimum absolute atomic E-state index is 0.0568. The molecule has 1 aliphatic rings. The van der Waals surface area contributed by atoms with Crippen LogP contribution in [0, 0.1) is 5.92 Å². The van der Waals surface area contributed by atoms with E-state index in [2.05, 4.69) is 13.5 Å². The molecule has 1 fully saturated rings. The molecule has 2 N–H and O–H groups in total. The Morgan fingerprint density at radius 1 is 1.59 bits per heavy atom. The molecule has 1 saturated carbocycles. The van der Waals surface area contributed by atoms with Gasteiger partial charge in [-0.25, -0.2) is 0 Å². The van der Waals surface area contributed by atoms with E-state index in [0.29, 0.717) is 12.0 Å². The summed E-state index contributed by atoms with van der Waals surface area (Å²) < 4.78 is 0. The van der Waals surface area contributed by atoms with E-state index in [-0.39, 0.29) is 24.2 Å². The summed E-state index contributed by atoms with van der Waals surface area (Å²) in [7, 11) is 0. The standard InChI is InChI=1S/C14H22O3/c1-3-4-6-11(15)7-5-8-12-10(2)13(16)9-14(12)17/h5,8,11-12,14-15,17H,2-4,6-7,9H2,1H3/b8-5+/t11-,12+,14+/m0/s1. The zero-order valence-electron chi connectivity index (χ0n) is 10.4. The van der Waals surface area contributed by atoms with Crippen molar-refractivity contribution in [2.45, 2.75) is 51.2 Å². The molecule has 0 amide bonds. The van der Waals surface area contributed by atoms with Crippen molar-refractivity contribution in [2.24, 2.45) is 5.92 Å². The maximum Gasteiger partial charge on any atom is 0.161 e. The van der Waals surface area contributed by atoms with E-state index in [4.69, 9.17) is 0 Å². The normalized spacial score (nSPS) is 27.0. The van der Waals surface area contributed by atoms with Gasteiger partial charge in [-0.15, -0.1) is 0 Å². The largest absolute Gasteiger partial charge is 0.393 e. The molecule has 0 saturated heterocycles. The summed E-state index contributed by atoms with van der Waals surface area (Å²) in [5.74, 6) is -0.320. The number of carbonyl (C=O) groups is 1. The molecule has 3 heteroatoms. The molecule has 0 aromatic heterocycles. The first-order chi connectivity index (χ1) is 8.06. The van der Waals surface area contributed by atoms with Crippen molar-refractivity contribution >= 4 is 5.78 Å². The van der Waals surface area contributed by atoms with Crippen LogP contribution in [0.4, 0.5) is 0 Å². The maximum absolute atomic E-state index is 11.3. The topological polar surface area (TPSA) is 57.5 Å². The Labute approximate surface area is 103 Å². The molecule has 17 heavy (non-hydrogen) atoms. The van der Waals surface area contributed by atoms with Crippen molar-refractivity contribution in [3.05, 3.63) is 24.3 Å². The third-order valence-corrected chi connectivity index (χ3v) is 3.21. The highest BCUT2D eigenvalue weighted by atomic mass is 16.3. The quantitative estimate of drug-likeness (QED) is 0.549. The van der Waals surface area contributed by atoms with Crippen LogP contribution in [0.1, 0.15) is 39.0 Å². The molecule has 0 aromatic carbocycles. The van der Waals surface area contributed by atoms with E-state index in [0.717, 1.165) is 19.3 Å². The number of ketones is 1. The summed E-state index contributed by atoms with van der Waals surface area (Å²) in [6.45, 7) is 5.78. The Hall–Kier alpha value is -0.930. The molecule has 3 atom stereocenters. The summed E-state index contributed by atoms with van der Waals surface area (Å²) in [6, 6.07) is 0. The molecule has 0 heterocycles. The van der Waals surface area contributed by atoms with Crippen LogP contribution in [-0.2, 0) is 4.79 Å². The lowest BCUT2D eigenvalue weighted by molar-refractivity contribution is -0.115. The van der Waals surface area contributed by atoms with Gasteiger partial charge in [-0.05, 0) is 18.4 Å². The van der Waals surface area contributed by atoms with Crippen molar-refractivity contribution in [3.63, 3.8) is 0 Å². The van der Waals surface area contributed by atoms with Gasteiger partial charge in [-0.2, -0.15) is 0 Å². The number of rotatable bonds is 6. The number of carbonyl (C=O) groups excluding carboxylic acids is 1. The van der Waals surface area contributed by atoms with Gasteiger partial charge in [0.05, 0.1) is 12.2 Å². The lowest BCUT2D eigenvalue weighted by Crippen LogP contribution is -2.11. The molecule has 0 aromatic rings. The molecule has 96 valence electrons. The van der Waals surface area contributed by atoms with E-state index >= 15 is 0 Å². The summed E-state index contributed by atoms with van der Waals surface area (Å²) in [5, 5.41) is 19.3. The molecule has 1 rings (SSSR count). The van der Waals surface area contributed by atoms with Gasteiger partial charge < -0.3 is 10.2 Å². The Bertz CT molecular complexity index is 307. The predicted molar refractivity (Wildman–Crippen MR) is 67.5 cm³/mol. The Balaban J connectivity index is 2.38. The average Bonchev–Trinajstić information content (AvgIpc) is 2.53. The fourth-order valence-corrected chi connectivity index (χ4v) is 2.05. The lowest BCUT2D eigenvalue weighted by atomic mass is 10.00. The van der Waals surface area contributed by atoms with Crippen molar-refractivity contribution in [1.82, 2.24) is 0 Å². The van der Waals surface area contributed by atoms with Crippen LogP contribution in [0.25, 0.3) is 0 Å². The van der Waals surface area contributed by atoms with Crippen molar-refractivity contribution in [3.8, 4) is 0 Å². The molecular weight excluding hydrogens is 216 g/mol. The number of hydrogen-bond acceptors (Lipinski definition) is 3. The van der Waals surface area contributed by atoms with Gasteiger partial charge in [0.2, 0.25) is 0 Å². The van der Waals surface area contributed by atoms with Crippen LogP contribution in [0.2, 0.25) is 0 Å². The van der Waals surface area contributed by atoms with E-state index < -0.39 is 6.10 Å². The first-order valence-corrected chi connectivity index (χ1v) is 6.31. The summed E-state index contributed by atoms with van der Waals surface area (Å²) in [5.41, 5.74) is 0.483. The molecule has 0 unspecified atom stereocenters. The first-order valence-electron chi connectivity index (χ1n) is 6.31. The van der Waals surface area contributed by atoms with Crippen LogP contribution in [0.15, 0.2) is 24.3 Å². The molecular formula is C14H22O3. The minimum Gasteiger partial charge on any atom is -0.393 e. The lowest BCUT2D eigenvalue weighted by Gasteiger charge is -2.10. The monoisotopic (exact) mass is 238 g/mol. The van der Waals surface area contributed by atoms with Crippen LogP contribution in [0.5, 0.6) is 0 Å². The Morgan fingerprint density at radius 2 is 2.29 bits per heavy atom. The highest BCUT2D eigenvalue weighted by molar-refractivity contribution is 5.98. The van der Waals surface area contributed by atoms with Gasteiger partial charge >= 0.3 is 0 Å². The molecule has 1 aliphatic carbocycles. The first kappa shape index (κ1) is 14.1. The van der Waals surface area contributed by atoms with Crippen LogP contribution < -0.4 is 0 Å². The summed E-state index contributed by atoms with van der Waals surface area (Å²) in [4.78, 5) is 11.3. The number of unbranched alkanes of at least 4 members (excludes halogenated alkanes) is 1. The number of hydrogen-bond donors (Lipinski definition) is 2. The highest BCUT2D eigenvalue weighted by Crippen LogP contribution is 2.28. The zero-order chi connectivity index (χ0) is 12.8. The third kappa shape index (κ3) is 4.10. The molecule has 0 bridgehead atoms. The highest BCUT2D eigenvalue weighted by Gasteiger charge is 2.33. The van der Waals surface area contributed by atoms with E-state index in [1.165, 1.54) is 0 Å². The van der Waals surface area contributed by atoms with E-state index in [1.807, 2.05) is 6.08 Å². The second kappa shape index (κ2) is 6.72. The van der Waals surface area contributed by atoms with Crippen LogP contribution in [-0.4, -0.2) is 28.2 Å².